The highest BCUT2D eigenvalue weighted by Crippen LogP contribution is 2.39. The summed E-state index contributed by atoms with van der Waals surface area (Å²) >= 11 is 18.4. The molecule has 0 radical (unpaired) electrons. The van der Waals surface area contributed by atoms with E-state index < -0.39 is 0 Å². The minimum atomic E-state index is -0.127. The summed E-state index contributed by atoms with van der Waals surface area (Å²) in [5.41, 5.74) is 11.4. The van der Waals surface area contributed by atoms with Crippen LogP contribution in [0.25, 0.3) is 55.6 Å². The number of anilines is 1. The standard InChI is InChI=1S/2C21H23NO3.3C20H20ClNO2.C16H20N2O3/c1-3-21(23)22-14-12-20(13-15-22)25-19-10-6-17(7-11-19)16-4-8-18(24-2)9-5-16;1-3-21(23)22-13-11-19(12-14-22)25-18-9-7-16(8-10-18)17-5-4-6-20(15-17)24-2;1-2-20(23)22-11-9-18(10-12-22)24-19-8-4-6-16(14-19)15-5-3-7-17(21)13-15;1-2-20(23)22-13-11-15(12-14-22)24-19-10-6-4-8-17(19)16-7-3-5-9-18(16)21;1-2-20(23)22-13-11-17(12-14-22)24-19-6-4-3-5-18(19)15-7-9-16(21)10-8-15;1-3-16(20)18-10-8-13(9-11-18)21-15-7-5-4-6-14(15)17-12(2)19/h3-11,20H,1,12-15H2,2H3;3-10,15,19H,1,11-14H2,2H3;2-8,13-14,18H,1,9-12H2;2-10,15H,1,11-14H2;2-10,17H,1,11-14H2;3-7,13H,1,8-11H2,2H3,(H,17,19). The minimum Gasteiger partial charge on any atom is -0.497 e. The van der Waals surface area contributed by atoms with Crippen molar-refractivity contribution in [3.63, 3.8) is 0 Å². The number of piperidine rings is 6. The van der Waals surface area contributed by atoms with Gasteiger partial charge in [-0.05, 0) is 191 Å². The van der Waals surface area contributed by atoms with E-state index in [-0.39, 0.29) is 78.0 Å². The van der Waals surface area contributed by atoms with E-state index in [1.54, 1.807) is 19.1 Å². The summed E-state index contributed by atoms with van der Waals surface area (Å²) in [6.45, 7) is 31.1. The first kappa shape index (κ1) is 107. The van der Waals surface area contributed by atoms with Crippen LogP contribution < -0.4 is 43.2 Å². The maximum Gasteiger partial charge on any atom is 0.245 e. The van der Waals surface area contributed by atoms with Gasteiger partial charge in [-0.25, -0.2) is 0 Å². The molecule has 0 aromatic heterocycles. The third-order valence-electron chi connectivity index (χ3n) is 25.2. The van der Waals surface area contributed by atoms with E-state index in [9.17, 15) is 33.6 Å². The Balaban J connectivity index is 0.000000153. The lowest BCUT2D eigenvalue weighted by Gasteiger charge is -2.32. The SMILES string of the molecule is C=CC(=O)N1CCC(Oc2ccc(-c3ccc(OC)cc3)cc2)CC1.C=CC(=O)N1CCC(Oc2ccc(-c3cccc(OC)c3)cc2)CC1.C=CC(=O)N1CCC(Oc2cccc(-c3cccc(Cl)c3)c2)CC1.C=CC(=O)N1CCC(Oc2ccccc2-c2ccc(Cl)cc2)CC1.C=CC(=O)N1CCC(Oc2ccccc2-c2ccccc2Cl)CC1.C=CC(=O)N1CCC(Oc2ccccc2NC(C)=O)CC1. The lowest BCUT2D eigenvalue weighted by Crippen LogP contribution is -2.41. The summed E-state index contributed by atoms with van der Waals surface area (Å²) in [7, 11) is 3.34. The van der Waals surface area contributed by atoms with Gasteiger partial charge >= 0.3 is 0 Å². The molecule has 0 bridgehead atoms. The van der Waals surface area contributed by atoms with Crippen LogP contribution in [0.15, 0.2) is 343 Å². The number of likely N-dealkylation sites (tertiary alicyclic amines) is 6. The molecule has 6 aliphatic heterocycles. The van der Waals surface area contributed by atoms with Crippen molar-refractivity contribution in [1.29, 1.82) is 0 Å². The van der Waals surface area contributed by atoms with Gasteiger partial charge in [0.2, 0.25) is 41.4 Å². The maximum absolute atomic E-state index is 11.7. The molecule has 11 aromatic carbocycles. The average Bonchev–Trinajstić information content (AvgIpc) is 0.822. The molecule has 6 saturated heterocycles. The number of nitrogens with zero attached hydrogens (tertiary/aromatic N) is 6. The highest BCUT2D eigenvalue weighted by molar-refractivity contribution is 6.33. The summed E-state index contributed by atoms with van der Waals surface area (Å²) in [5, 5.41) is 4.91. The third kappa shape index (κ3) is 32.7. The Labute approximate surface area is 855 Å². The smallest absolute Gasteiger partial charge is 0.245 e. The zero-order valence-corrected chi connectivity index (χ0v) is 83.8. The summed E-state index contributed by atoms with van der Waals surface area (Å²) in [6, 6.07) is 86.9. The van der Waals surface area contributed by atoms with Crippen LogP contribution in [0.1, 0.15) is 84.0 Å². The van der Waals surface area contributed by atoms with Crippen LogP contribution in [-0.4, -0.2) is 200 Å². The zero-order valence-electron chi connectivity index (χ0n) is 81.5. The van der Waals surface area contributed by atoms with Crippen LogP contribution in [0.5, 0.6) is 46.0 Å². The molecule has 6 fully saturated rings. The highest BCUT2D eigenvalue weighted by Gasteiger charge is 2.30. The monoisotopic (exact) mass is 1990 g/mol. The van der Waals surface area contributed by atoms with Crippen molar-refractivity contribution in [3.05, 3.63) is 358 Å². The molecule has 0 atom stereocenters. The zero-order chi connectivity index (χ0) is 101. The second kappa shape index (κ2) is 55.6. The molecule has 7 amide bonds. The first-order valence-corrected chi connectivity index (χ1v) is 49.5. The quantitative estimate of drug-likeness (QED) is 0.0498. The Hall–Kier alpha value is -14.6. The van der Waals surface area contributed by atoms with Crippen LogP contribution in [0.3, 0.4) is 0 Å². The number of methoxy groups -OCH3 is 2. The van der Waals surface area contributed by atoms with Crippen LogP contribution >= 0.6 is 34.8 Å². The van der Waals surface area contributed by atoms with Crippen LogP contribution in [0.4, 0.5) is 5.69 Å². The second-order valence-electron chi connectivity index (χ2n) is 34.8. The fourth-order valence-corrected chi connectivity index (χ4v) is 17.8. The molecule has 1 N–H and O–H groups in total. The molecular weight excluding hydrogens is 1860 g/mol. The predicted octanol–water partition coefficient (Wildman–Crippen LogP) is 23.7. The summed E-state index contributed by atoms with van der Waals surface area (Å²) in [5.74, 6) is 6.47. The number of hydrogen-bond acceptors (Lipinski definition) is 15. The fraction of sp³-hybridized carbons (Fsp3) is 0.280. The van der Waals surface area contributed by atoms with Gasteiger partial charge in [-0.3, -0.25) is 33.6 Å². The molecule has 143 heavy (non-hydrogen) atoms. The summed E-state index contributed by atoms with van der Waals surface area (Å²) in [6.07, 6.45) is 18.8. The van der Waals surface area contributed by atoms with Gasteiger partial charge in [-0.15, -0.1) is 0 Å². The Kier molecular flexibility index (Phi) is 41.7. The Morgan fingerprint density at radius 1 is 0.266 bits per heavy atom. The third-order valence-corrected chi connectivity index (χ3v) is 26.0. The topological polar surface area (TPSA) is 225 Å². The first-order chi connectivity index (χ1) is 69.5. The normalized spacial score (nSPS) is 15.1. The number of nitrogens with one attached hydrogen (secondary N) is 1. The van der Waals surface area contributed by atoms with E-state index in [2.05, 4.69) is 81.2 Å². The highest BCUT2D eigenvalue weighted by atomic mass is 35.5. The minimum absolute atomic E-state index is 0.00101. The van der Waals surface area contributed by atoms with Gasteiger partial charge in [0.15, 0.2) is 0 Å². The van der Waals surface area contributed by atoms with Crippen molar-refractivity contribution in [2.45, 2.75) is 121 Å². The molecule has 11 aromatic rings. The number of ether oxygens (including phenoxy) is 8. The number of benzene rings is 11. The largest absolute Gasteiger partial charge is 0.497 e. The van der Waals surface area contributed by atoms with Gasteiger partial charge in [0.25, 0.3) is 0 Å². The van der Waals surface area contributed by atoms with Gasteiger partial charge in [-0.2, -0.15) is 0 Å². The number of halogens is 3. The molecule has 22 nitrogen and oxygen atoms in total. The lowest BCUT2D eigenvalue weighted by atomic mass is 10.0. The second-order valence-corrected chi connectivity index (χ2v) is 36.1. The van der Waals surface area contributed by atoms with Crippen LogP contribution in [0.2, 0.25) is 15.1 Å². The molecule has 6 heterocycles. The Bertz CT molecular complexity index is 6070. The van der Waals surface area contributed by atoms with Gasteiger partial charge in [0, 0.05) is 194 Å². The van der Waals surface area contributed by atoms with Crippen molar-refractivity contribution in [3.8, 4) is 102 Å². The molecule has 0 spiro atoms. The molecule has 25 heteroatoms. The maximum atomic E-state index is 11.7. The average molecular weight is 1990 g/mol. The molecule has 0 unspecified atom stereocenters. The van der Waals surface area contributed by atoms with Crippen molar-refractivity contribution in [2.75, 3.05) is 98.1 Å². The first-order valence-electron chi connectivity index (χ1n) is 48.4. The van der Waals surface area contributed by atoms with Gasteiger partial charge in [0.1, 0.15) is 82.6 Å². The molecule has 0 saturated carbocycles. The van der Waals surface area contributed by atoms with E-state index in [1.165, 1.54) is 43.4 Å². The number of rotatable bonds is 26. The van der Waals surface area contributed by atoms with Crippen molar-refractivity contribution in [2.24, 2.45) is 0 Å². The van der Waals surface area contributed by atoms with Crippen molar-refractivity contribution in [1.82, 2.24) is 29.4 Å². The van der Waals surface area contributed by atoms with Gasteiger partial charge in [0.05, 0.1) is 19.9 Å². The Morgan fingerprint density at radius 3 is 0.930 bits per heavy atom. The number of carbonyl (C=O) groups excluding carboxylic acids is 7. The van der Waals surface area contributed by atoms with Gasteiger partial charge in [-0.1, -0.05) is 226 Å². The summed E-state index contributed by atoms with van der Waals surface area (Å²) in [4.78, 5) is 91.7. The Morgan fingerprint density at radius 2 is 0.552 bits per heavy atom. The molecule has 744 valence electrons. The molecule has 17 rings (SSSR count). The summed E-state index contributed by atoms with van der Waals surface area (Å²) < 4.78 is 47.1. The van der Waals surface area contributed by atoms with E-state index in [1.807, 2.05) is 255 Å². The van der Waals surface area contributed by atoms with E-state index in [4.69, 9.17) is 72.7 Å². The number of amides is 7. The molecular formula is C118H126Cl3N7O15. The van der Waals surface area contributed by atoms with E-state index >= 15 is 0 Å². The predicted molar refractivity (Wildman–Crippen MR) is 571 cm³/mol. The molecule has 6 aliphatic rings. The number of para-hydroxylation sites is 4. The fourth-order valence-electron chi connectivity index (χ4n) is 17.3. The molecule has 0 aliphatic carbocycles. The van der Waals surface area contributed by atoms with E-state index in [0.717, 1.165) is 209 Å². The van der Waals surface area contributed by atoms with Crippen molar-refractivity contribution >= 4 is 81.8 Å². The van der Waals surface area contributed by atoms with Crippen LogP contribution in [0, 0.1) is 0 Å². The lowest BCUT2D eigenvalue weighted by molar-refractivity contribution is -0.128. The number of hydrogen-bond donors (Lipinski definition) is 1. The van der Waals surface area contributed by atoms with Crippen LogP contribution in [-0.2, 0) is 33.6 Å². The van der Waals surface area contributed by atoms with E-state index in [0.29, 0.717) is 68.8 Å². The van der Waals surface area contributed by atoms with Gasteiger partial charge < -0.3 is 72.6 Å². The number of carbonyl (C=O) groups is 7. The van der Waals surface area contributed by atoms with Crippen molar-refractivity contribution < 1.29 is 71.5 Å².